The Hall–Kier alpha value is -4.60. The van der Waals surface area contributed by atoms with Gasteiger partial charge in [0.1, 0.15) is 0 Å². The van der Waals surface area contributed by atoms with Crippen molar-refractivity contribution < 1.29 is 0 Å². The highest BCUT2D eigenvalue weighted by Gasteiger charge is 2.44. The van der Waals surface area contributed by atoms with Crippen molar-refractivity contribution in [2.75, 3.05) is 0 Å². The largest absolute Gasteiger partial charge is 0.265 e. The van der Waals surface area contributed by atoms with Gasteiger partial charge in [-0.15, -0.1) is 0 Å². The Morgan fingerprint density at radius 2 is 0.703 bits per heavy atom. The minimum Gasteiger partial charge on any atom is -0.265 e. The van der Waals surface area contributed by atoms with E-state index in [1.165, 1.54) is 43.0 Å². The number of nitrogens with zero attached hydrogens (tertiary/aromatic N) is 2. The van der Waals surface area contributed by atoms with Crippen LogP contribution in [0.3, 0.4) is 0 Å². The van der Waals surface area contributed by atoms with Gasteiger partial charge in [-0.2, -0.15) is 0 Å². The summed E-state index contributed by atoms with van der Waals surface area (Å²) in [6.45, 7) is 0. The Balaban J connectivity index is 1.80. The van der Waals surface area contributed by atoms with Crippen LogP contribution in [0.4, 0.5) is 0 Å². The number of benzene rings is 4. The van der Waals surface area contributed by atoms with Crippen LogP contribution in [-0.4, -0.2) is 18.0 Å². The van der Waals surface area contributed by atoms with Crippen molar-refractivity contribution in [1.29, 1.82) is 0 Å². The first-order valence-electron chi connectivity index (χ1n) is 12.5. The lowest BCUT2D eigenvalue weighted by molar-refractivity contribution is 1.33. The normalized spacial score (nSPS) is 11.2. The summed E-state index contributed by atoms with van der Waals surface area (Å²) >= 11 is 0. The van der Waals surface area contributed by atoms with Crippen molar-refractivity contribution in [3.8, 4) is 22.3 Å². The molecule has 0 aliphatic carbocycles. The van der Waals surface area contributed by atoms with Gasteiger partial charge in [0.2, 0.25) is 0 Å². The zero-order valence-corrected chi connectivity index (χ0v) is 21.4. The zero-order chi connectivity index (χ0) is 24.9. The molecule has 176 valence electrons. The SMILES string of the molecule is c1ccc([Si](c2ccccc2)(c2ccccc2-c2ccncc2)c2ccccc2-c2ccncc2)cc1. The summed E-state index contributed by atoms with van der Waals surface area (Å²) in [6.07, 6.45) is 7.52. The standard InChI is InChI=1S/C34H26N2Si/c1-3-11-29(12-4-1)37(30-13-5-2-6-14-30,33-17-9-7-15-31(33)27-19-23-35-24-20-27)34-18-10-8-16-32(34)28-21-25-36-26-22-28/h1-26H. The number of hydrogen-bond donors (Lipinski definition) is 0. The van der Waals surface area contributed by atoms with Crippen molar-refractivity contribution in [3.63, 3.8) is 0 Å². The first-order chi connectivity index (χ1) is 18.4. The van der Waals surface area contributed by atoms with E-state index in [2.05, 4.69) is 143 Å². The molecule has 6 aromatic rings. The molecule has 0 unspecified atom stereocenters. The molecular weight excluding hydrogens is 464 g/mol. The Morgan fingerprint density at radius 3 is 1.11 bits per heavy atom. The van der Waals surface area contributed by atoms with E-state index in [0.717, 1.165) is 0 Å². The summed E-state index contributed by atoms with van der Waals surface area (Å²) in [5, 5.41) is 5.42. The van der Waals surface area contributed by atoms with E-state index >= 15 is 0 Å². The van der Waals surface area contributed by atoms with Gasteiger partial charge in [0.05, 0.1) is 0 Å². The number of rotatable bonds is 6. The molecule has 0 atom stereocenters. The summed E-state index contributed by atoms with van der Waals surface area (Å²) in [4.78, 5) is 8.59. The highest BCUT2D eigenvalue weighted by atomic mass is 28.3. The molecule has 0 saturated carbocycles. The zero-order valence-electron chi connectivity index (χ0n) is 20.4. The molecule has 2 heterocycles. The molecule has 0 aliphatic rings. The molecule has 6 rings (SSSR count). The molecule has 2 aromatic heterocycles. The van der Waals surface area contributed by atoms with Crippen molar-refractivity contribution in [2.45, 2.75) is 0 Å². The molecule has 0 aliphatic heterocycles. The molecule has 2 nitrogen and oxygen atoms in total. The predicted octanol–water partition coefficient (Wildman–Crippen LogP) is 5.19. The van der Waals surface area contributed by atoms with E-state index in [0.29, 0.717) is 0 Å². The van der Waals surface area contributed by atoms with Crippen LogP contribution in [0, 0.1) is 0 Å². The van der Waals surface area contributed by atoms with Crippen molar-refractivity contribution in [2.24, 2.45) is 0 Å². The van der Waals surface area contributed by atoms with Gasteiger partial charge >= 0.3 is 0 Å². The molecule has 3 heteroatoms. The second-order valence-corrected chi connectivity index (χ2v) is 12.8. The van der Waals surface area contributed by atoms with Gasteiger partial charge in [0.25, 0.3) is 0 Å². The van der Waals surface area contributed by atoms with Crippen LogP contribution in [0.1, 0.15) is 0 Å². The minimum atomic E-state index is -2.80. The summed E-state index contributed by atoms with van der Waals surface area (Å²) in [7, 11) is -2.80. The Kier molecular flexibility index (Phi) is 6.28. The van der Waals surface area contributed by atoms with Crippen LogP contribution in [0.2, 0.25) is 0 Å². The van der Waals surface area contributed by atoms with E-state index < -0.39 is 8.07 Å². The predicted molar refractivity (Wildman–Crippen MR) is 157 cm³/mol. The molecule has 0 saturated heterocycles. The van der Waals surface area contributed by atoms with Crippen molar-refractivity contribution >= 4 is 28.8 Å². The van der Waals surface area contributed by atoms with Crippen LogP contribution in [-0.2, 0) is 0 Å². The van der Waals surface area contributed by atoms with E-state index in [1.807, 2.05) is 24.8 Å². The maximum absolute atomic E-state index is 4.30. The van der Waals surface area contributed by atoms with E-state index in [-0.39, 0.29) is 0 Å². The molecule has 0 amide bonds. The van der Waals surface area contributed by atoms with E-state index in [1.54, 1.807) is 0 Å². The van der Waals surface area contributed by atoms with Gasteiger partial charge in [-0.05, 0) is 67.3 Å². The molecule has 0 radical (unpaired) electrons. The lowest BCUT2D eigenvalue weighted by Gasteiger charge is -2.37. The first-order valence-corrected chi connectivity index (χ1v) is 14.5. The van der Waals surface area contributed by atoms with Gasteiger partial charge in [0, 0.05) is 24.8 Å². The second kappa shape index (κ2) is 10.2. The molecular formula is C34H26N2Si. The van der Waals surface area contributed by atoms with Crippen LogP contribution in [0.15, 0.2) is 158 Å². The molecule has 4 aromatic carbocycles. The maximum Gasteiger partial charge on any atom is 0.180 e. The van der Waals surface area contributed by atoms with Crippen molar-refractivity contribution in [3.05, 3.63) is 158 Å². The van der Waals surface area contributed by atoms with Crippen LogP contribution in [0.5, 0.6) is 0 Å². The smallest absolute Gasteiger partial charge is 0.180 e. The lowest BCUT2D eigenvalue weighted by Crippen LogP contribution is -2.75. The van der Waals surface area contributed by atoms with Crippen molar-refractivity contribution in [1.82, 2.24) is 9.97 Å². The van der Waals surface area contributed by atoms with E-state index in [4.69, 9.17) is 0 Å². The fourth-order valence-corrected chi connectivity index (χ4v) is 10.7. The fraction of sp³-hybridized carbons (Fsp3) is 0. The molecule has 0 N–H and O–H groups in total. The van der Waals surface area contributed by atoms with Crippen LogP contribution >= 0.6 is 0 Å². The van der Waals surface area contributed by atoms with Gasteiger partial charge in [-0.25, -0.2) is 0 Å². The van der Waals surface area contributed by atoms with Crippen LogP contribution in [0.25, 0.3) is 22.3 Å². The Labute approximate surface area is 219 Å². The number of hydrogen-bond acceptors (Lipinski definition) is 2. The topological polar surface area (TPSA) is 25.8 Å². The summed E-state index contributed by atoms with van der Waals surface area (Å²) in [5.74, 6) is 0. The molecule has 0 fully saturated rings. The molecule has 37 heavy (non-hydrogen) atoms. The van der Waals surface area contributed by atoms with Gasteiger partial charge < -0.3 is 0 Å². The third-order valence-electron chi connectivity index (χ3n) is 7.06. The van der Waals surface area contributed by atoms with Gasteiger partial charge in [-0.3, -0.25) is 9.97 Å². The summed E-state index contributed by atoms with van der Waals surface area (Å²) in [6, 6.07) is 48.4. The molecule has 0 bridgehead atoms. The van der Waals surface area contributed by atoms with Crippen LogP contribution < -0.4 is 20.7 Å². The molecule has 0 spiro atoms. The average molecular weight is 491 g/mol. The monoisotopic (exact) mass is 490 g/mol. The third kappa shape index (κ3) is 4.10. The minimum absolute atomic E-state index is 1.18. The quantitative estimate of drug-likeness (QED) is 0.237. The average Bonchev–Trinajstić information content (AvgIpc) is 3.00. The Bertz CT molecular complexity index is 1480. The summed E-state index contributed by atoms with van der Waals surface area (Å²) in [5.41, 5.74) is 4.84. The number of pyridine rings is 2. The highest BCUT2D eigenvalue weighted by Crippen LogP contribution is 2.24. The lowest BCUT2D eigenvalue weighted by atomic mass is 10.1. The summed E-state index contributed by atoms with van der Waals surface area (Å²) < 4.78 is 0. The van der Waals surface area contributed by atoms with Gasteiger partial charge in [-0.1, -0.05) is 109 Å². The first kappa shape index (κ1) is 22.8. The maximum atomic E-state index is 4.30. The third-order valence-corrected chi connectivity index (χ3v) is 11.9. The number of aromatic nitrogens is 2. The fourth-order valence-electron chi connectivity index (χ4n) is 5.50. The van der Waals surface area contributed by atoms with Gasteiger partial charge in [0.15, 0.2) is 8.07 Å². The second-order valence-electron chi connectivity index (χ2n) is 9.04. The van der Waals surface area contributed by atoms with E-state index in [9.17, 15) is 0 Å². The Morgan fingerprint density at radius 1 is 0.351 bits per heavy atom. The highest BCUT2D eigenvalue weighted by molar-refractivity contribution is 7.20.